The van der Waals surface area contributed by atoms with Crippen LogP contribution in [-0.2, 0) is 29.4 Å². The van der Waals surface area contributed by atoms with Gasteiger partial charge in [-0.3, -0.25) is 9.10 Å². The number of aryl methyl sites for hydroxylation is 2. The summed E-state index contributed by atoms with van der Waals surface area (Å²) in [4.78, 5) is 13.0. The molecule has 1 aliphatic carbocycles. The Balaban J connectivity index is 1.49. The van der Waals surface area contributed by atoms with Crippen LogP contribution >= 0.6 is 11.6 Å². The van der Waals surface area contributed by atoms with Crippen LogP contribution in [0.2, 0.25) is 5.02 Å². The quantitative estimate of drug-likeness (QED) is 0.400. The lowest BCUT2D eigenvalue weighted by Crippen LogP contribution is -2.30. The van der Waals surface area contributed by atoms with Crippen molar-refractivity contribution in [2.75, 3.05) is 10.6 Å². The van der Waals surface area contributed by atoms with Gasteiger partial charge < -0.3 is 5.32 Å². The van der Waals surface area contributed by atoms with Crippen molar-refractivity contribution in [3.63, 3.8) is 0 Å². The highest BCUT2D eigenvalue weighted by atomic mass is 35.5. The highest BCUT2D eigenvalue weighted by Gasteiger charge is 2.20. The van der Waals surface area contributed by atoms with Crippen LogP contribution in [0.25, 0.3) is 0 Å². The number of anilines is 1. The summed E-state index contributed by atoms with van der Waals surface area (Å²) in [5.41, 5.74) is 5.76. The number of hydrogen-bond donors (Lipinski definition) is 1. The van der Waals surface area contributed by atoms with Crippen LogP contribution in [0.15, 0.2) is 66.7 Å². The van der Waals surface area contributed by atoms with Crippen molar-refractivity contribution in [1.29, 1.82) is 0 Å². The molecule has 1 amide bonds. The normalized spacial score (nSPS) is 14.1. The second-order valence-corrected chi connectivity index (χ2v) is 11.5. The van der Waals surface area contributed by atoms with Crippen LogP contribution in [0.4, 0.5) is 5.69 Å². The van der Waals surface area contributed by atoms with Gasteiger partial charge in [0.05, 0.1) is 24.5 Å². The fraction of sp³-hybridized carbons (Fsp3) is 0.321. The second-order valence-electron chi connectivity index (χ2n) is 9.11. The summed E-state index contributed by atoms with van der Waals surface area (Å²) in [5.74, 6) is -0.176. The molecule has 7 heteroatoms. The van der Waals surface area contributed by atoms with E-state index >= 15 is 0 Å². The molecule has 0 aromatic heterocycles. The number of nitrogens with zero attached hydrogens (tertiary/aromatic N) is 1. The lowest BCUT2D eigenvalue weighted by molar-refractivity contribution is 0.0935. The minimum atomic E-state index is -3.53. The number of carbonyl (C=O) groups is 1. The predicted octanol–water partition coefficient (Wildman–Crippen LogP) is 6.07. The number of nitrogens with one attached hydrogen (secondary N) is 1. The van der Waals surface area contributed by atoms with E-state index in [1.54, 1.807) is 48.5 Å². The van der Waals surface area contributed by atoms with Gasteiger partial charge in [-0.15, -0.1) is 0 Å². The first-order valence-electron chi connectivity index (χ1n) is 12.0. The fourth-order valence-corrected chi connectivity index (χ4v) is 5.58. The summed E-state index contributed by atoms with van der Waals surface area (Å²) in [5, 5.41) is 3.74. The molecule has 184 valence electrons. The lowest BCUT2D eigenvalue weighted by atomic mass is 9.88. The van der Waals surface area contributed by atoms with Gasteiger partial charge in [-0.2, -0.15) is 0 Å². The zero-order valence-electron chi connectivity index (χ0n) is 20.1. The molecule has 4 rings (SSSR count). The van der Waals surface area contributed by atoms with Gasteiger partial charge in [0.15, 0.2) is 0 Å². The molecule has 0 spiro atoms. The largest absolute Gasteiger partial charge is 0.345 e. The second kappa shape index (κ2) is 10.8. The molecule has 0 fully saturated rings. The van der Waals surface area contributed by atoms with E-state index in [0.717, 1.165) is 30.4 Å². The van der Waals surface area contributed by atoms with E-state index in [4.69, 9.17) is 11.6 Å². The molecule has 0 aliphatic heterocycles. The third kappa shape index (κ3) is 6.24. The first-order chi connectivity index (χ1) is 16.7. The molecular weight excluding hydrogens is 480 g/mol. The Kier molecular flexibility index (Phi) is 7.82. The van der Waals surface area contributed by atoms with Crippen LogP contribution in [0.5, 0.6) is 0 Å². The Bertz CT molecular complexity index is 1290. The standard InChI is InChI=1S/C28H31ClN2O3S/c1-3-27(24-11-10-21-6-4-5-7-23(21)18-24)30-28(32)22-12-16-26(17-13-22)31(35(2,33)34)19-20-8-14-25(29)15-9-20/h8-18,27H,3-7,19H2,1-2H3,(H,30,32). The molecular formula is C28H31ClN2O3S. The molecule has 1 aliphatic rings. The summed E-state index contributed by atoms with van der Waals surface area (Å²) in [6, 6.07) is 20.2. The van der Waals surface area contributed by atoms with Gasteiger partial charge in [-0.1, -0.05) is 48.9 Å². The number of benzene rings is 3. The molecule has 0 heterocycles. The van der Waals surface area contributed by atoms with Crippen LogP contribution < -0.4 is 9.62 Å². The smallest absolute Gasteiger partial charge is 0.251 e. The Labute approximate surface area is 213 Å². The Morgan fingerprint density at radius 1 is 0.971 bits per heavy atom. The molecule has 35 heavy (non-hydrogen) atoms. The minimum Gasteiger partial charge on any atom is -0.345 e. The maximum Gasteiger partial charge on any atom is 0.251 e. The van der Waals surface area contributed by atoms with E-state index < -0.39 is 10.0 Å². The van der Waals surface area contributed by atoms with E-state index in [2.05, 4.69) is 30.4 Å². The van der Waals surface area contributed by atoms with Crippen molar-refractivity contribution in [3.8, 4) is 0 Å². The van der Waals surface area contributed by atoms with Crippen molar-refractivity contribution in [2.24, 2.45) is 0 Å². The number of hydrogen-bond acceptors (Lipinski definition) is 3. The van der Waals surface area contributed by atoms with E-state index in [9.17, 15) is 13.2 Å². The minimum absolute atomic E-state index is 0.0770. The van der Waals surface area contributed by atoms with Gasteiger partial charge in [0.2, 0.25) is 10.0 Å². The van der Waals surface area contributed by atoms with Crippen LogP contribution in [0.3, 0.4) is 0 Å². The third-order valence-electron chi connectivity index (χ3n) is 6.55. The number of fused-ring (bicyclic) bond motifs is 1. The Morgan fingerprint density at radius 2 is 1.63 bits per heavy atom. The zero-order valence-corrected chi connectivity index (χ0v) is 21.7. The van der Waals surface area contributed by atoms with E-state index in [1.165, 1.54) is 34.5 Å². The van der Waals surface area contributed by atoms with Crippen LogP contribution in [0, 0.1) is 0 Å². The molecule has 1 N–H and O–H groups in total. The van der Waals surface area contributed by atoms with Crippen LogP contribution in [-0.4, -0.2) is 20.6 Å². The van der Waals surface area contributed by atoms with Gasteiger partial charge in [0.25, 0.3) is 5.91 Å². The number of halogens is 1. The van der Waals surface area contributed by atoms with Gasteiger partial charge in [0, 0.05) is 10.6 Å². The van der Waals surface area contributed by atoms with Crippen molar-refractivity contribution in [1.82, 2.24) is 5.32 Å². The molecule has 1 unspecified atom stereocenters. The third-order valence-corrected chi connectivity index (χ3v) is 7.94. The Morgan fingerprint density at radius 3 is 2.26 bits per heavy atom. The first kappa shape index (κ1) is 25.3. The van der Waals surface area contributed by atoms with Gasteiger partial charge >= 0.3 is 0 Å². The zero-order chi connectivity index (χ0) is 25.0. The molecule has 0 saturated carbocycles. The van der Waals surface area contributed by atoms with Crippen molar-refractivity contribution < 1.29 is 13.2 Å². The number of amides is 1. The van der Waals surface area contributed by atoms with Gasteiger partial charge in [-0.05, 0) is 90.8 Å². The maximum absolute atomic E-state index is 13.0. The monoisotopic (exact) mass is 510 g/mol. The average Bonchev–Trinajstić information content (AvgIpc) is 2.86. The number of carbonyl (C=O) groups excluding carboxylic acids is 1. The average molecular weight is 511 g/mol. The maximum atomic E-state index is 13.0. The topological polar surface area (TPSA) is 66.5 Å². The Hall–Kier alpha value is -2.83. The fourth-order valence-electron chi connectivity index (χ4n) is 4.57. The molecule has 5 nitrogen and oxygen atoms in total. The molecule has 0 saturated heterocycles. The summed E-state index contributed by atoms with van der Waals surface area (Å²) in [6.07, 6.45) is 6.65. The molecule has 0 bridgehead atoms. The van der Waals surface area contributed by atoms with Crippen LogP contribution in [0.1, 0.15) is 64.8 Å². The molecule has 3 aromatic carbocycles. The van der Waals surface area contributed by atoms with E-state index in [-0.39, 0.29) is 18.5 Å². The summed E-state index contributed by atoms with van der Waals surface area (Å²) in [7, 11) is -3.53. The van der Waals surface area contributed by atoms with E-state index in [1.807, 2.05) is 0 Å². The molecule has 3 aromatic rings. The highest BCUT2D eigenvalue weighted by molar-refractivity contribution is 7.92. The van der Waals surface area contributed by atoms with Gasteiger partial charge in [-0.25, -0.2) is 8.42 Å². The highest BCUT2D eigenvalue weighted by Crippen LogP contribution is 2.27. The van der Waals surface area contributed by atoms with Crippen molar-refractivity contribution >= 4 is 33.2 Å². The first-order valence-corrected chi connectivity index (χ1v) is 14.2. The summed E-state index contributed by atoms with van der Waals surface area (Å²) >= 11 is 5.95. The van der Waals surface area contributed by atoms with Crippen molar-refractivity contribution in [2.45, 2.75) is 51.6 Å². The summed E-state index contributed by atoms with van der Waals surface area (Å²) < 4.78 is 26.3. The molecule has 0 radical (unpaired) electrons. The predicted molar refractivity (Wildman–Crippen MR) is 143 cm³/mol. The lowest BCUT2D eigenvalue weighted by Gasteiger charge is -2.23. The van der Waals surface area contributed by atoms with Gasteiger partial charge in [0.1, 0.15) is 0 Å². The SMILES string of the molecule is CCC(NC(=O)c1ccc(N(Cc2ccc(Cl)cc2)S(C)(=O)=O)cc1)c1ccc2c(c1)CCCC2. The van der Waals surface area contributed by atoms with Crippen molar-refractivity contribution in [3.05, 3.63) is 99.6 Å². The summed E-state index contributed by atoms with van der Waals surface area (Å²) in [6.45, 7) is 2.24. The molecule has 1 atom stereocenters. The van der Waals surface area contributed by atoms with E-state index in [0.29, 0.717) is 16.3 Å². The number of rotatable bonds is 8. The number of sulfonamides is 1.